The van der Waals surface area contributed by atoms with Gasteiger partial charge in [0.25, 0.3) is 0 Å². The van der Waals surface area contributed by atoms with E-state index >= 15 is 0 Å². The maximum absolute atomic E-state index is 11.0. The van der Waals surface area contributed by atoms with Gasteiger partial charge in [0, 0.05) is 5.38 Å². The van der Waals surface area contributed by atoms with Gasteiger partial charge in [-0.2, -0.15) is 0 Å². The van der Waals surface area contributed by atoms with Gasteiger partial charge in [-0.15, -0.1) is 11.3 Å². The highest BCUT2D eigenvalue weighted by atomic mass is 32.2. The number of sulfonamides is 1. The van der Waals surface area contributed by atoms with Crippen molar-refractivity contribution in [3.63, 3.8) is 0 Å². The third-order valence-electron chi connectivity index (χ3n) is 1.61. The first-order valence-electron chi connectivity index (χ1n) is 3.94. The van der Waals surface area contributed by atoms with Crippen molar-refractivity contribution in [1.29, 1.82) is 0 Å². The third-order valence-corrected chi connectivity index (χ3v) is 2.96. The monoisotopic (exact) mass is 219 g/mol. The molecule has 13 heavy (non-hydrogen) atoms. The van der Waals surface area contributed by atoms with Gasteiger partial charge in [-0.3, -0.25) is 4.72 Å². The summed E-state index contributed by atoms with van der Waals surface area (Å²) in [5.41, 5.74) is 1.76. The quantitative estimate of drug-likeness (QED) is 0.847. The van der Waals surface area contributed by atoms with Crippen LogP contribution in [0.3, 0.4) is 0 Å². The van der Waals surface area contributed by atoms with E-state index in [9.17, 15) is 8.42 Å². The van der Waals surface area contributed by atoms with E-state index in [1.165, 1.54) is 11.3 Å². The van der Waals surface area contributed by atoms with Crippen molar-refractivity contribution >= 4 is 27.0 Å². The van der Waals surface area contributed by atoms with Crippen molar-refractivity contribution in [3.8, 4) is 0 Å². The van der Waals surface area contributed by atoms with Crippen LogP contribution in [0, 0.1) is 0 Å². The molecule has 5 heteroatoms. The fourth-order valence-corrected chi connectivity index (χ4v) is 2.63. The molecule has 74 valence electrons. The summed E-state index contributed by atoms with van der Waals surface area (Å²) in [6.07, 6.45) is 1.16. The Bertz CT molecular complexity index is 379. The molecule has 1 heterocycles. The molecule has 0 aromatic carbocycles. The number of anilines is 1. The van der Waals surface area contributed by atoms with E-state index in [0.717, 1.165) is 11.8 Å². The average Bonchev–Trinajstić information content (AvgIpc) is 2.31. The zero-order valence-corrected chi connectivity index (χ0v) is 9.50. The van der Waals surface area contributed by atoms with Crippen LogP contribution >= 0.6 is 11.3 Å². The molecular formula is C8H13NO2S2. The van der Waals surface area contributed by atoms with Gasteiger partial charge in [0.05, 0.1) is 11.9 Å². The second-order valence-corrected chi connectivity index (χ2v) is 5.76. The van der Waals surface area contributed by atoms with Crippen LogP contribution in [0.4, 0.5) is 5.69 Å². The van der Waals surface area contributed by atoms with Gasteiger partial charge in [0.2, 0.25) is 10.0 Å². The Morgan fingerprint density at radius 3 is 2.46 bits per heavy atom. The van der Waals surface area contributed by atoms with Crippen molar-refractivity contribution in [2.24, 2.45) is 0 Å². The van der Waals surface area contributed by atoms with Crippen LogP contribution in [0.25, 0.3) is 0 Å². The number of nitrogens with one attached hydrogen (secondary N) is 1. The second kappa shape index (κ2) is 3.67. The summed E-state index contributed by atoms with van der Waals surface area (Å²) in [6, 6.07) is 0. The lowest BCUT2D eigenvalue weighted by molar-refractivity contribution is 0.606. The molecule has 0 fully saturated rings. The predicted molar refractivity (Wildman–Crippen MR) is 56.9 cm³/mol. The molecule has 0 bridgehead atoms. The van der Waals surface area contributed by atoms with Crippen LogP contribution in [0.15, 0.2) is 10.8 Å². The molecule has 1 N–H and O–H groups in total. The van der Waals surface area contributed by atoms with Gasteiger partial charge in [0.15, 0.2) is 0 Å². The fraction of sp³-hybridized carbons (Fsp3) is 0.500. The smallest absolute Gasteiger partial charge is 0.229 e. The molecule has 1 aromatic heterocycles. The normalized spacial score (nSPS) is 12.0. The maximum atomic E-state index is 11.0. The number of hydrogen-bond donors (Lipinski definition) is 1. The SMILES string of the molecule is CC(C)c1cscc1NS(C)(=O)=O. The average molecular weight is 219 g/mol. The molecular weight excluding hydrogens is 206 g/mol. The molecule has 0 aliphatic rings. The van der Waals surface area contributed by atoms with E-state index in [-0.39, 0.29) is 0 Å². The van der Waals surface area contributed by atoms with Gasteiger partial charge >= 0.3 is 0 Å². The van der Waals surface area contributed by atoms with Crippen LogP contribution < -0.4 is 4.72 Å². The van der Waals surface area contributed by atoms with Crippen LogP contribution in [-0.4, -0.2) is 14.7 Å². The van der Waals surface area contributed by atoms with Gasteiger partial charge in [-0.05, 0) is 16.9 Å². The number of hydrogen-bond acceptors (Lipinski definition) is 3. The highest BCUT2D eigenvalue weighted by Crippen LogP contribution is 2.28. The fourth-order valence-electron chi connectivity index (χ4n) is 1.04. The minimum absolute atomic E-state index is 0.343. The largest absolute Gasteiger partial charge is 0.283 e. The molecule has 0 aliphatic carbocycles. The van der Waals surface area contributed by atoms with Crippen LogP contribution in [0.1, 0.15) is 25.3 Å². The Morgan fingerprint density at radius 1 is 1.38 bits per heavy atom. The Hall–Kier alpha value is -0.550. The molecule has 3 nitrogen and oxygen atoms in total. The highest BCUT2D eigenvalue weighted by Gasteiger charge is 2.10. The van der Waals surface area contributed by atoms with Gasteiger partial charge < -0.3 is 0 Å². The predicted octanol–water partition coefficient (Wildman–Crippen LogP) is 2.24. The highest BCUT2D eigenvalue weighted by molar-refractivity contribution is 7.92. The maximum Gasteiger partial charge on any atom is 0.229 e. The summed E-state index contributed by atoms with van der Waals surface area (Å²) in [6.45, 7) is 4.07. The van der Waals surface area contributed by atoms with Crippen molar-refractivity contribution in [1.82, 2.24) is 0 Å². The molecule has 0 spiro atoms. The van der Waals surface area contributed by atoms with Crippen molar-refractivity contribution in [2.75, 3.05) is 11.0 Å². The first-order chi connectivity index (χ1) is 5.90. The summed E-state index contributed by atoms with van der Waals surface area (Å²) in [5.74, 6) is 0.343. The van der Waals surface area contributed by atoms with Gasteiger partial charge in [-0.1, -0.05) is 13.8 Å². The van der Waals surface area contributed by atoms with Crippen LogP contribution in [0.2, 0.25) is 0 Å². The Kier molecular flexibility index (Phi) is 2.98. The van der Waals surface area contributed by atoms with Crippen molar-refractivity contribution in [3.05, 3.63) is 16.3 Å². The lowest BCUT2D eigenvalue weighted by atomic mass is 10.1. The Labute approximate surface area is 82.8 Å². The number of rotatable bonds is 3. The van der Waals surface area contributed by atoms with Crippen LogP contribution in [0.5, 0.6) is 0 Å². The van der Waals surface area contributed by atoms with E-state index in [4.69, 9.17) is 0 Å². The molecule has 0 radical (unpaired) electrons. The van der Waals surface area contributed by atoms with E-state index in [2.05, 4.69) is 4.72 Å². The van der Waals surface area contributed by atoms with E-state index in [1.807, 2.05) is 24.6 Å². The summed E-state index contributed by atoms with van der Waals surface area (Å²) >= 11 is 1.51. The molecule has 0 amide bonds. The zero-order chi connectivity index (χ0) is 10.1. The molecule has 0 aliphatic heterocycles. The second-order valence-electron chi connectivity index (χ2n) is 3.27. The minimum atomic E-state index is -3.15. The van der Waals surface area contributed by atoms with Gasteiger partial charge in [-0.25, -0.2) is 8.42 Å². The van der Waals surface area contributed by atoms with Crippen molar-refractivity contribution < 1.29 is 8.42 Å². The Morgan fingerprint density at radius 2 is 2.00 bits per heavy atom. The Balaban J connectivity index is 2.96. The lowest BCUT2D eigenvalue weighted by Crippen LogP contribution is -2.10. The first kappa shape index (κ1) is 10.5. The lowest BCUT2D eigenvalue weighted by Gasteiger charge is -2.07. The summed E-state index contributed by atoms with van der Waals surface area (Å²) < 4.78 is 24.4. The van der Waals surface area contributed by atoms with Crippen LogP contribution in [-0.2, 0) is 10.0 Å². The minimum Gasteiger partial charge on any atom is -0.283 e. The summed E-state index contributed by atoms with van der Waals surface area (Å²) in [5, 5.41) is 3.79. The van der Waals surface area contributed by atoms with E-state index < -0.39 is 10.0 Å². The molecule has 0 saturated carbocycles. The molecule has 0 atom stereocenters. The van der Waals surface area contributed by atoms with E-state index in [0.29, 0.717) is 11.6 Å². The standard InChI is InChI=1S/C8H13NO2S2/c1-6(2)7-4-12-5-8(7)9-13(3,10)11/h4-6,9H,1-3H3. The topological polar surface area (TPSA) is 46.2 Å². The molecule has 0 unspecified atom stereocenters. The molecule has 0 saturated heterocycles. The summed E-state index contributed by atoms with van der Waals surface area (Å²) in [7, 11) is -3.15. The first-order valence-corrected chi connectivity index (χ1v) is 6.77. The number of thiophene rings is 1. The van der Waals surface area contributed by atoms with E-state index in [1.54, 1.807) is 0 Å². The third kappa shape index (κ3) is 3.00. The summed E-state index contributed by atoms with van der Waals surface area (Å²) in [4.78, 5) is 0. The molecule has 1 aromatic rings. The molecule has 1 rings (SSSR count). The zero-order valence-electron chi connectivity index (χ0n) is 7.87. The van der Waals surface area contributed by atoms with Crippen molar-refractivity contribution in [2.45, 2.75) is 19.8 Å². The van der Waals surface area contributed by atoms with Gasteiger partial charge in [0.1, 0.15) is 0 Å².